The van der Waals surface area contributed by atoms with Gasteiger partial charge in [-0.2, -0.15) is 5.10 Å². The summed E-state index contributed by atoms with van der Waals surface area (Å²) in [5.74, 6) is -0.859. The van der Waals surface area contributed by atoms with Crippen molar-refractivity contribution in [2.24, 2.45) is 0 Å². The van der Waals surface area contributed by atoms with E-state index in [1.807, 2.05) is 0 Å². The average Bonchev–Trinajstić information content (AvgIpc) is 2.88. The Balaban J connectivity index is 1.90. The van der Waals surface area contributed by atoms with Crippen LogP contribution in [-0.2, 0) is 16.6 Å². The number of rotatable bonds is 6. The average molecular weight is 284 g/mol. The van der Waals surface area contributed by atoms with Crippen molar-refractivity contribution in [2.75, 3.05) is 6.54 Å². The second kappa shape index (κ2) is 5.89. The first-order valence-corrected chi connectivity index (χ1v) is 7.15. The lowest BCUT2D eigenvalue weighted by Gasteiger charge is -2.06. The first-order chi connectivity index (χ1) is 9.09. The lowest BCUT2D eigenvalue weighted by molar-refractivity contribution is 0.533. The molecule has 0 aliphatic rings. The summed E-state index contributed by atoms with van der Waals surface area (Å²) in [6.07, 6.45) is 5.22. The van der Waals surface area contributed by atoms with Crippen molar-refractivity contribution in [3.05, 3.63) is 42.6 Å². The van der Waals surface area contributed by atoms with E-state index in [4.69, 9.17) is 0 Å². The molecular weight excluding hydrogens is 271 g/mol. The van der Waals surface area contributed by atoms with Crippen LogP contribution in [0.25, 0.3) is 0 Å². The molecule has 0 radical (unpaired) electrons. The predicted molar refractivity (Wildman–Crippen MR) is 66.2 cm³/mol. The smallest absolute Gasteiger partial charge is 0.261 e. The summed E-state index contributed by atoms with van der Waals surface area (Å²) in [7, 11) is -3.90. The molecule has 8 heteroatoms. The Hall–Kier alpha value is -1.80. The zero-order valence-corrected chi connectivity index (χ0v) is 10.8. The van der Waals surface area contributed by atoms with Crippen molar-refractivity contribution in [3.8, 4) is 0 Å². The van der Waals surface area contributed by atoms with Crippen LogP contribution in [0.4, 0.5) is 4.39 Å². The van der Waals surface area contributed by atoms with E-state index in [1.165, 1.54) is 12.3 Å². The van der Waals surface area contributed by atoms with E-state index in [0.717, 1.165) is 6.07 Å². The van der Waals surface area contributed by atoms with E-state index in [9.17, 15) is 12.8 Å². The second-order valence-electron chi connectivity index (χ2n) is 3.81. The summed E-state index contributed by atoms with van der Waals surface area (Å²) in [5.41, 5.74) is 0. The molecule has 0 aliphatic heterocycles. The molecule has 0 aliphatic carbocycles. The minimum absolute atomic E-state index is 0.193. The molecular formula is C11H13FN4O2S. The van der Waals surface area contributed by atoms with Gasteiger partial charge in [-0.15, -0.1) is 0 Å². The summed E-state index contributed by atoms with van der Waals surface area (Å²) >= 11 is 0. The number of nitrogens with one attached hydrogen (secondary N) is 1. The van der Waals surface area contributed by atoms with Gasteiger partial charge in [-0.25, -0.2) is 22.5 Å². The first-order valence-electron chi connectivity index (χ1n) is 5.67. The number of sulfonamides is 1. The monoisotopic (exact) mass is 284 g/mol. The van der Waals surface area contributed by atoms with Crippen LogP contribution in [0.2, 0.25) is 0 Å². The highest BCUT2D eigenvalue weighted by atomic mass is 32.2. The van der Waals surface area contributed by atoms with Crippen LogP contribution >= 0.6 is 0 Å². The third kappa shape index (κ3) is 3.58. The Labute approximate surface area is 110 Å². The maximum Gasteiger partial charge on any atom is 0.261 e. The zero-order chi connectivity index (χ0) is 13.7. The minimum Gasteiger partial charge on any atom is -0.273 e. The molecule has 19 heavy (non-hydrogen) atoms. The Morgan fingerprint density at radius 2 is 2.16 bits per heavy atom. The molecule has 2 rings (SSSR count). The van der Waals surface area contributed by atoms with Crippen LogP contribution in [0.5, 0.6) is 0 Å². The summed E-state index contributed by atoms with van der Waals surface area (Å²) < 4.78 is 40.9. The molecule has 2 heterocycles. The lowest BCUT2D eigenvalue weighted by atomic mass is 10.4. The fourth-order valence-electron chi connectivity index (χ4n) is 1.52. The Bertz CT molecular complexity index is 628. The number of hydrogen-bond donors (Lipinski definition) is 1. The molecule has 0 spiro atoms. The third-order valence-corrected chi connectivity index (χ3v) is 3.79. The Morgan fingerprint density at radius 1 is 1.32 bits per heavy atom. The van der Waals surface area contributed by atoms with E-state index in [-0.39, 0.29) is 6.54 Å². The minimum atomic E-state index is -3.90. The van der Waals surface area contributed by atoms with Crippen LogP contribution in [0, 0.1) is 5.82 Å². The van der Waals surface area contributed by atoms with Gasteiger partial charge in [0.15, 0.2) is 5.82 Å². The fourth-order valence-corrected chi connectivity index (χ4v) is 2.59. The van der Waals surface area contributed by atoms with Crippen molar-refractivity contribution >= 4 is 10.0 Å². The molecule has 0 aromatic carbocycles. The first kappa shape index (κ1) is 13.6. The molecule has 0 atom stereocenters. The number of nitrogens with zero attached hydrogens (tertiary/aromatic N) is 3. The molecule has 0 bridgehead atoms. The van der Waals surface area contributed by atoms with Gasteiger partial charge in [0.05, 0.1) is 0 Å². The number of halogens is 1. The Morgan fingerprint density at radius 3 is 2.84 bits per heavy atom. The van der Waals surface area contributed by atoms with Crippen molar-refractivity contribution in [1.29, 1.82) is 0 Å². The molecule has 0 saturated carbocycles. The van der Waals surface area contributed by atoms with Crippen molar-refractivity contribution in [1.82, 2.24) is 19.5 Å². The van der Waals surface area contributed by atoms with Gasteiger partial charge < -0.3 is 0 Å². The summed E-state index contributed by atoms with van der Waals surface area (Å²) in [6.45, 7) is 0.776. The molecule has 2 aromatic rings. The second-order valence-corrected chi connectivity index (χ2v) is 5.49. The van der Waals surface area contributed by atoms with E-state index < -0.39 is 20.9 Å². The van der Waals surface area contributed by atoms with Gasteiger partial charge in [0, 0.05) is 31.7 Å². The summed E-state index contributed by atoms with van der Waals surface area (Å²) in [6, 6.07) is 4.19. The van der Waals surface area contributed by atoms with Crippen LogP contribution < -0.4 is 4.72 Å². The molecule has 6 nitrogen and oxygen atoms in total. The lowest BCUT2D eigenvalue weighted by Crippen LogP contribution is -2.27. The maximum atomic E-state index is 13.3. The highest BCUT2D eigenvalue weighted by molar-refractivity contribution is 7.89. The topological polar surface area (TPSA) is 76.9 Å². The van der Waals surface area contributed by atoms with Crippen molar-refractivity contribution < 1.29 is 12.8 Å². The Kier molecular flexibility index (Phi) is 4.23. The van der Waals surface area contributed by atoms with E-state index >= 15 is 0 Å². The molecule has 0 amide bonds. The number of hydrogen-bond acceptors (Lipinski definition) is 4. The number of pyridine rings is 1. The summed E-state index contributed by atoms with van der Waals surface area (Å²) in [5, 5.41) is 3.41. The van der Waals surface area contributed by atoms with Gasteiger partial charge in [0.2, 0.25) is 5.03 Å². The standard InChI is InChI=1S/C11H13FN4O2S/c12-10-4-1-5-13-11(10)19(17,18)15-7-3-9-16-8-2-6-14-16/h1-2,4-6,8,15H,3,7,9H2. The third-order valence-electron chi connectivity index (χ3n) is 2.39. The van der Waals surface area contributed by atoms with E-state index in [2.05, 4.69) is 14.8 Å². The maximum absolute atomic E-state index is 13.3. The predicted octanol–water partition coefficient (Wildman–Crippen LogP) is 0.786. The van der Waals surface area contributed by atoms with Gasteiger partial charge in [0.25, 0.3) is 10.0 Å². The molecule has 0 fully saturated rings. The van der Waals surface area contributed by atoms with Gasteiger partial charge in [0.1, 0.15) is 0 Å². The van der Waals surface area contributed by atoms with Gasteiger partial charge in [-0.3, -0.25) is 4.68 Å². The highest BCUT2D eigenvalue weighted by Gasteiger charge is 2.19. The van der Waals surface area contributed by atoms with Crippen LogP contribution in [-0.4, -0.2) is 29.7 Å². The van der Waals surface area contributed by atoms with E-state index in [0.29, 0.717) is 13.0 Å². The zero-order valence-electron chi connectivity index (χ0n) is 10.0. The van der Waals surface area contributed by atoms with Crippen LogP contribution in [0.1, 0.15) is 6.42 Å². The molecule has 0 unspecified atom stereocenters. The number of aromatic nitrogens is 3. The van der Waals surface area contributed by atoms with Crippen molar-refractivity contribution in [3.63, 3.8) is 0 Å². The molecule has 2 aromatic heterocycles. The molecule has 1 N–H and O–H groups in total. The normalized spacial score (nSPS) is 11.6. The van der Waals surface area contributed by atoms with Crippen LogP contribution in [0.3, 0.4) is 0 Å². The van der Waals surface area contributed by atoms with E-state index in [1.54, 1.807) is 23.1 Å². The molecule has 102 valence electrons. The summed E-state index contributed by atoms with van der Waals surface area (Å²) in [4.78, 5) is 3.54. The van der Waals surface area contributed by atoms with Crippen LogP contribution in [0.15, 0.2) is 41.8 Å². The largest absolute Gasteiger partial charge is 0.273 e. The molecule has 0 saturated heterocycles. The SMILES string of the molecule is O=S(=O)(NCCCn1cccn1)c1ncccc1F. The van der Waals surface area contributed by atoms with Gasteiger partial charge in [-0.05, 0) is 24.6 Å². The highest BCUT2D eigenvalue weighted by Crippen LogP contribution is 2.09. The van der Waals surface area contributed by atoms with Gasteiger partial charge >= 0.3 is 0 Å². The van der Waals surface area contributed by atoms with Crippen molar-refractivity contribution in [2.45, 2.75) is 18.0 Å². The fraction of sp³-hybridized carbons (Fsp3) is 0.273. The quantitative estimate of drug-likeness (QED) is 0.795. The van der Waals surface area contributed by atoms with Gasteiger partial charge in [-0.1, -0.05) is 0 Å². The number of aryl methyl sites for hydroxylation is 1.